The van der Waals surface area contributed by atoms with Gasteiger partial charge in [0.2, 0.25) is 0 Å². The molecule has 0 aliphatic carbocycles. The lowest BCUT2D eigenvalue weighted by molar-refractivity contribution is -0.144. The summed E-state index contributed by atoms with van der Waals surface area (Å²) in [5.41, 5.74) is 4.03. The number of nitrogens with zero attached hydrogens (tertiary/aromatic N) is 1. The van der Waals surface area contributed by atoms with Crippen LogP contribution in [0.3, 0.4) is 0 Å². The smallest absolute Gasteiger partial charge is 0.336 e. The molecular weight excluding hydrogens is 322 g/mol. The third-order valence-electron chi connectivity index (χ3n) is 4.41. The Balaban J connectivity index is 1.83. The first-order valence-electron chi connectivity index (χ1n) is 7.97. The van der Waals surface area contributed by atoms with Crippen molar-refractivity contribution in [2.75, 3.05) is 0 Å². The molecule has 2 heterocycles. The summed E-state index contributed by atoms with van der Waals surface area (Å²) in [5.74, 6) is 0.200. The summed E-state index contributed by atoms with van der Waals surface area (Å²) in [6.07, 6.45) is 0.0820. The molecule has 0 aliphatic heterocycles. The van der Waals surface area contributed by atoms with Crippen LogP contribution in [-0.4, -0.2) is 11.1 Å². The Hall–Kier alpha value is -2.89. The minimum absolute atomic E-state index is 0.00676. The fourth-order valence-corrected chi connectivity index (χ4v) is 2.75. The number of fused-ring (bicyclic) bond motifs is 1. The molecule has 25 heavy (non-hydrogen) atoms. The molecule has 0 saturated heterocycles. The van der Waals surface area contributed by atoms with Gasteiger partial charge in [0.25, 0.3) is 0 Å². The minimum atomic E-state index is -0.460. The van der Waals surface area contributed by atoms with E-state index in [9.17, 15) is 9.59 Å². The highest BCUT2D eigenvalue weighted by molar-refractivity contribution is 5.84. The Bertz CT molecular complexity index is 993. The number of benzene rings is 1. The van der Waals surface area contributed by atoms with E-state index >= 15 is 0 Å². The molecule has 0 atom stereocenters. The monoisotopic (exact) mass is 341 g/mol. The normalized spacial score (nSPS) is 11.0. The number of esters is 1. The van der Waals surface area contributed by atoms with Gasteiger partial charge in [-0.3, -0.25) is 4.79 Å². The van der Waals surface area contributed by atoms with Gasteiger partial charge < -0.3 is 13.7 Å². The van der Waals surface area contributed by atoms with Gasteiger partial charge in [-0.25, -0.2) is 4.79 Å². The maximum Gasteiger partial charge on any atom is 0.336 e. The van der Waals surface area contributed by atoms with E-state index in [4.69, 9.17) is 13.7 Å². The predicted molar refractivity (Wildman–Crippen MR) is 91.4 cm³/mol. The van der Waals surface area contributed by atoms with E-state index in [0.29, 0.717) is 22.6 Å². The molecule has 0 radical (unpaired) electrons. The van der Waals surface area contributed by atoms with Gasteiger partial charge in [-0.1, -0.05) is 17.3 Å². The SMILES string of the molecule is Cc1ccc2c(COC(=O)Cc3c(C)noc3C)cc(=O)oc2c1C. The number of hydrogen-bond acceptors (Lipinski definition) is 6. The third-order valence-corrected chi connectivity index (χ3v) is 4.41. The van der Waals surface area contributed by atoms with Crippen molar-refractivity contribution < 1.29 is 18.5 Å². The lowest BCUT2D eigenvalue weighted by Crippen LogP contribution is -2.11. The average molecular weight is 341 g/mol. The quantitative estimate of drug-likeness (QED) is 0.535. The molecule has 0 N–H and O–H groups in total. The summed E-state index contributed by atoms with van der Waals surface area (Å²) in [5, 5.41) is 4.59. The van der Waals surface area contributed by atoms with Gasteiger partial charge in [0.1, 0.15) is 18.0 Å². The van der Waals surface area contributed by atoms with Gasteiger partial charge in [-0.05, 0) is 38.8 Å². The van der Waals surface area contributed by atoms with Gasteiger partial charge in [0.15, 0.2) is 0 Å². The van der Waals surface area contributed by atoms with Crippen LogP contribution >= 0.6 is 0 Å². The molecule has 0 bridgehead atoms. The molecule has 2 aromatic heterocycles. The Morgan fingerprint density at radius 3 is 2.64 bits per heavy atom. The van der Waals surface area contributed by atoms with Crippen molar-refractivity contribution in [3.63, 3.8) is 0 Å². The lowest BCUT2D eigenvalue weighted by Gasteiger charge is -2.09. The number of carbonyl (C=O) groups is 1. The second kappa shape index (κ2) is 6.55. The highest BCUT2D eigenvalue weighted by atomic mass is 16.5. The summed E-state index contributed by atoms with van der Waals surface area (Å²) < 4.78 is 15.7. The zero-order chi connectivity index (χ0) is 18.1. The van der Waals surface area contributed by atoms with E-state index in [0.717, 1.165) is 22.1 Å². The summed E-state index contributed by atoms with van der Waals surface area (Å²) in [6.45, 7) is 7.38. The van der Waals surface area contributed by atoms with Crippen molar-refractivity contribution in [2.45, 2.75) is 40.7 Å². The summed E-state index contributed by atoms with van der Waals surface area (Å²) in [7, 11) is 0. The standard InChI is InChI=1S/C19H19NO5/c1-10-5-6-15-14(7-18(22)24-19(15)11(10)2)9-23-17(21)8-16-12(3)20-25-13(16)4/h5-7H,8-9H2,1-4H3. The van der Waals surface area contributed by atoms with Gasteiger partial charge >= 0.3 is 11.6 Å². The minimum Gasteiger partial charge on any atom is -0.461 e. The Morgan fingerprint density at radius 2 is 1.96 bits per heavy atom. The fourth-order valence-electron chi connectivity index (χ4n) is 2.75. The van der Waals surface area contributed by atoms with E-state index in [1.165, 1.54) is 6.07 Å². The summed E-state index contributed by atoms with van der Waals surface area (Å²) >= 11 is 0. The fraction of sp³-hybridized carbons (Fsp3) is 0.316. The van der Waals surface area contributed by atoms with E-state index in [-0.39, 0.29) is 13.0 Å². The number of hydrogen-bond donors (Lipinski definition) is 0. The number of ether oxygens (including phenoxy) is 1. The molecule has 0 spiro atoms. The Morgan fingerprint density at radius 1 is 1.20 bits per heavy atom. The summed E-state index contributed by atoms with van der Waals surface area (Å²) in [4.78, 5) is 24.0. The van der Waals surface area contributed by atoms with Crippen molar-refractivity contribution >= 4 is 16.9 Å². The Kier molecular flexibility index (Phi) is 4.44. The molecule has 3 rings (SSSR count). The first-order chi connectivity index (χ1) is 11.9. The molecule has 0 fully saturated rings. The van der Waals surface area contributed by atoms with E-state index in [2.05, 4.69) is 5.16 Å². The molecule has 1 aromatic carbocycles. The molecule has 0 amide bonds. The number of carbonyl (C=O) groups excluding carboxylic acids is 1. The molecule has 3 aromatic rings. The average Bonchev–Trinajstić information content (AvgIpc) is 2.88. The second-order valence-electron chi connectivity index (χ2n) is 6.12. The molecule has 130 valence electrons. The van der Waals surface area contributed by atoms with Crippen LogP contribution in [0.1, 0.15) is 33.7 Å². The summed E-state index contributed by atoms with van der Waals surface area (Å²) in [6, 6.07) is 5.19. The third kappa shape index (κ3) is 3.33. The highest BCUT2D eigenvalue weighted by Crippen LogP contribution is 2.24. The molecule has 6 heteroatoms. The first kappa shape index (κ1) is 17.0. The molecule has 0 unspecified atom stereocenters. The first-order valence-corrected chi connectivity index (χ1v) is 7.97. The highest BCUT2D eigenvalue weighted by Gasteiger charge is 2.16. The van der Waals surface area contributed by atoms with Crippen LogP contribution in [0, 0.1) is 27.7 Å². The Labute approximate surface area is 144 Å². The van der Waals surface area contributed by atoms with Crippen LogP contribution < -0.4 is 5.63 Å². The van der Waals surface area contributed by atoms with Crippen molar-refractivity contribution in [1.82, 2.24) is 5.16 Å². The largest absolute Gasteiger partial charge is 0.461 e. The van der Waals surface area contributed by atoms with Crippen LogP contribution in [0.25, 0.3) is 11.0 Å². The van der Waals surface area contributed by atoms with Gasteiger partial charge in [0.05, 0.1) is 12.1 Å². The van der Waals surface area contributed by atoms with Crippen LogP contribution in [-0.2, 0) is 22.6 Å². The predicted octanol–water partition coefficient (Wildman–Crippen LogP) is 3.30. The second-order valence-corrected chi connectivity index (χ2v) is 6.12. The van der Waals surface area contributed by atoms with Crippen LogP contribution in [0.5, 0.6) is 0 Å². The van der Waals surface area contributed by atoms with Crippen molar-refractivity contribution in [3.05, 3.63) is 62.3 Å². The van der Waals surface area contributed by atoms with E-state index in [1.54, 1.807) is 13.8 Å². The molecule has 6 nitrogen and oxygen atoms in total. The van der Waals surface area contributed by atoms with E-state index < -0.39 is 11.6 Å². The number of rotatable bonds is 4. The lowest BCUT2D eigenvalue weighted by atomic mass is 10.0. The zero-order valence-corrected chi connectivity index (χ0v) is 14.6. The molecule has 0 aliphatic rings. The van der Waals surface area contributed by atoms with Gasteiger partial charge in [-0.15, -0.1) is 0 Å². The van der Waals surface area contributed by atoms with Crippen molar-refractivity contribution in [2.24, 2.45) is 0 Å². The maximum atomic E-state index is 12.1. The van der Waals surface area contributed by atoms with E-state index in [1.807, 2.05) is 26.0 Å². The van der Waals surface area contributed by atoms with Crippen molar-refractivity contribution in [3.8, 4) is 0 Å². The zero-order valence-electron chi connectivity index (χ0n) is 14.6. The van der Waals surface area contributed by atoms with Crippen LogP contribution in [0.15, 0.2) is 31.9 Å². The van der Waals surface area contributed by atoms with Gasteiger partial charge in [0, 0.05) is 22.6 Å². The van der Waals surface area contributed by atoms with Crippen molar-refractivity contribution in [1.29, 1.82) is 0 Å². The molecular formula is C19H19NO5. The maximum absolute atomic E-state index is 12.1. The van der Waals surface area contributed by atoms with Gasteiger partial charge in [-0.2, -0.15) is 0 Å². The number of aromatic nitrogens is 1. The topological polar surface area (TPSA) is 82.5 Å². The van der Waals surface area contributed by atoms with Crippen LogP contribution in [0.4, 0.5) is 0 Å². The number of aryl methyl sites for hydroxylation is 4. The molecule has 0 saturated carbocycles. The van der Waals surface area contributed by atoms with Crippen LogP contribution in [0.2, 0.25) is 0 Å².